The molecular weight excluding hydrogens is 82.0 g/mol. The van der Waals surface area contributed by atoms with Gasteiger partial charge in [-0.2, -0.15) is 0 Å². The molecule has 3 heteroatoms. The molecule has 4 N–H and O–H groups in total. The lowest BCUT2D eigenvalue weighted by Crippen LogP contribution is -2.31. The van der Waals surface area contributed by atoms with Crippen molar-refractivity contribution in [2.45, 2.75) is 19.3 Å². The van der Waals surface area contributed by atoms with E-state index in [-0.39, 0.29) is 0 Å². The van der Waals surface area contributed by atoms with Gasteiger partial charge in [0, 0.05) is 0 Å². The van der Waals surface area contributed by atoms with Gasteiger partial charge >= 0.3 is 0 Å². The molecule has 0 aromatic heterocycles. The first-order valence-corrected chi connectivity index (χ1v) is 1.76. The lowest BCUT2D eigenvalue weighted by Gasteiger charge is -2.03. The van der Waals surface area contributed by atoms with E-state index in [0.29, 0.717) is 0 Å². The Morgan fingerprint density at radius 2 is 1.67 bits per heavy atom. The molecule has 3 nitrogen and oxygen atoms in total. The minimum absolute atomic E-state index is 0.815. The van der Waals surface area contributed by atoms with Crippen molar-refractivity contribution in [3.63, 3.8) is 0 Å². The van der Waals surface area contributed by atoms with Crippen molar-refractivity contribution in [3.05, 3.63) is 0 Å². The summed E-state index contributed by atoms with van der Waals surface area (Å²) < 4.78 is 0. The highest BCUT2D eigenvalue weighted by Crippen LogP contribution is 1.78. The first kappa shape index (κ1) is 5.88. The van der Waals surface area contributed by atoms with Crippen LogP contribution in [0.15, 0.2) is 0 Å². The Bertz CT molecular complexity index is 29.8. The molecule has 0 aliphatic heterocycles. The fourth-order valence-corrected chi connectivity index (χ4v) is 0. The van der Waals surface area contributed by atoms with Crippen LogP contribution in [0, 0.1) is 0 Å². The zero-order valence-electron chi connectivity index (χ0n) is 3.63. The van der Waals surface area contributed by atoms with E-state index in [2.05, 4.69) is 0 Å². The van der Waals surface area contributed by atoms with Crippen molar-refractivity contribution < 1.29 is 10.2 Å². The van der Waals surface area contributed by atoms with Gasteiger partial charge < -0.3 is 15.9 Å². The molecule has 0 aliphatic rings. The highest BCUT2D eigenvalue weighted by Gasteiger charge is 2.00. The highest BCUT2D eigenvalue weighted by atomic mass is 16.3. The Morgan fingerprint density at radius 3 is 1.67 bits per heavy atom. The minimum atomic E-state index is -1.09. The van der Waals surface area contributed by atoms with Crippen LogP contribution in [0.4, 0.5) is 0 Å². The summed E-state index contributed by atoms with van der Waals surface area (Å²) in [7, 11) is 0. The van der Waals surface area contributed by atoms with Crippen LogP contribution >= 0.6 is 0 Å². The van der Waals surface area contributed by atoms with Crippen molar-refractivity contribution in [2.24, 2.45) is 5.73 Å². The molecule has 0 bridgehead atoms. The number of aliphatic hydroxyl groups excluding tert-OH is 2. The van der Waals surface area contributed by atoms with Crippen LogP contribution in [0.2, 0.25) is 0 Å². The smallest absolute Gasteiger partial charge is 0.128 e. The van der Waals surface area contributed by atoms with E-state index >= 15 is 0 Å². The number of nitrogens with two attached hydrogens (primary N) is 1. The first-order valence-electron chi connectivity index (χ1n) is 1.76. The molecule has 6 heavy (non-hydrogen) atoms. The van der Waals surface area contributed by atoms with Crippen LogP contribution in [0.1, 0.15) is 6.92 Å². The zero-order chi connectivity index (χ0) is 5.15. The van der Waals surface area contributed by atoms with E-state index < -0.39 is 12.3 Å². The maximum atomic E-state index is 8.25. The predicted molar refractivity (Wildman–Crippen MR) is 21.9 cm³/mol. The third-order valence-corrected chi connectivity index (χ3v) is 0.494. The van der Waals surface area contributed by atoms with E-state index in [1.54, 1.807) is 0 Å². The molecule has 2 atom stereocenters. The van der Waals surface area contributed by atoms with E-state index in [9.17, 15) is 0 Å². The fraction of sp³-hybridized carbons (Fsp3) is 1.00. The van der Waals surface area contributed by atoms with E-state index in [1.807, 2.05) is 0 Å². The van der Waals surface area contributed by atoms with Gasteiger partial charge in [-0.1, -0.05) is 0 Å². The molecular formula is C3H9NO2. The molecule has 0 spiro atoms. The second-order valence-corrected chi connectivity index (χ2v) is 1.23. The molecule has 0 amide bonds. The third-order valence-electron chi connectivity index (χ3n) is 0.494. The monoisotopic (exact) mass is 91.1 g/mol. The zero-order valence-corrected chi connectivity index (χ0v) is 3.63. The Balaban J connectivity index is 2.99. The van der Waals surface area contributed by atoms with Gasteiger partial charge in [-0.25, -0.2) is 0 Å². The van der Waals surface area contributed by atoms with Gasteiger partial charge in [-0.15, -0.1) is 0 Å². The molecule has 0 aliphatic carbocycles. The van der Waals surface area contributed by atoms with Crippen LogP contribution in [-0.4, -0.2) is 22.5 Å². The highest BCUT2D eigenvalue weighted by molar-refractivity contribution is 4.48. The first-order chi connectivity index (χ1) is 2.64. The third kappa shape index (κ3) is 2.14. The molecule has 0 unspecified atom stereocenters. The van der Waals surface area contributed by atoms with Gasteiger partial charge in [0.05, 0.1) is 6.10 Å². The molecule has 0 aromatic carbocycles. The molecule has 0 fully saturated rings. The number of aliphatic hydroxyl groups is 2. The van der Waals surface area contributed by atoms with Crippen LogP contribution in [0.25, 0.3) is 0 Å². The number of hydrogen-bond acceptors (Lipinski definition) is 3. The van der Waals surface area contributed by atoms with Gasteiger partial charge in [0.25, 0.3) is 0 Å². The normalized spacial score (nSPS) is 20.0. The molecule has 0 radical (unpaired) electrons. The Morgan fingerprint density at radius 1 is 1.50 bits per heavy atom. The van der Waals surface area contributed by atoms with E-state index in [1.165, 1.54) is 6.92 Å². The van der Waals surface area contributed by atoms with Crippen molar-refractivity contribution in [3.8, 4) is 0 Å². The Hall–Kier alpha value is -0.120. The second kappa shape index (κ2) is 2.12. The standard InChI is InChI=1S/C3H9NO2/c1-2(5)3(4)6/h2-3,5-6H,4H2,1H3/t2-,3+/m0/s1. The van der Waals surface area contributed by atoms with Crippen LogP contribution in [0.5, 0.6) is 0 Å². The summed E-state index contributed by atoms with van der Waals surface area (Å²) in [6.45, 7) is 1.42. The predicted octanol–water partition coefficient (Wildman–Crippen LogP) is -1.36. The molecule has 0 heterocycles. The molecule has 0 saturated heterocycles. The fourth-order valence-electron chi connectivity index (χ4n) is 0. The Labute approximate surface area is 36.4 Å². The summed E-state index contributed by atoms with van der Waals surface area (Å²) >= 11 is 0. The van der Waals surface area contributed by atoms with Crippen molar-refractivity contribution in [1.29, 1.82) is 0 Å². The van der Waals surface area contributed by atoms with Gasteiger partial charge in [0.2, 0.25) is 0 Å². The van der Waals surface area contributed by atoms with E-state index in [4.69, 9.17) is 15.9 Å². The van der Waals surface area contributed by atoms with Crippen molar-refractivity contribution >= 4 is 0 Å². The van der Waals surface area contributed by atoms with Gasteiger partial charge in [0.1, 0.15) is 6.23 Å². The topological polar surface area (TPSA) is 66.5 Å². The summed E-state index contributed by atoms with van der Waals surface area (Å²) in [5, 5.41) is 16.4. The number of hydrogen-bond donors (Lipinski definition) is 3. The average molecular weight is 91.1 g/mol. The maximum absolute atomic E-state index is 8.25. The summed E-state index contributed by atoms with van der Waals surface area (Å²) in [6.07, 6.45) is -1.91. The maximum Gasteiger partial charge on any atom is 0.128 e. The SMILES string of the molecule is C[C@H](O)[C@H](N)O. The van der Waals surface area contributed by atoms with Crippen molar-refractivity contribution in [2.75, 3.05) is 0 Å². The van der Waals surface area contributed by atoms with Gasteiger partial charge in [-0.05, 0) is 6.92 Å². The van der Waals surface area contributed by atoms with Gasteiger partial charge in [0.15, 0.2) is 0 Å². The van der Waals surface area contributed by atoms with Crippen LogP contribution in [-0.2, 0) is 0 Å². The Kier molecular flexibility index (Phi) is 2.08. The molecule has 0 rings (SSSR count). The van der Waals surface area contributed by atoms with Crippen LogP contribution in [0.3, 0.4) is 0 Å². The second-order valence-electron chi connectivity index (χ2n) is 1.23. The summed E-state index contributed by atoms with van der Waals surface area (Å²) in [5.74, 6) is 0. The lowest BCUT2D eigenvalue weighted by atomic mass is 10.4. The lowest BCUT2D eigenvalue weighted by molar-refractivity contribution is 0.0359. The summed E-state index contributed by atoms with van der Waals surface area (Å²) in [5.41, 5.74) is 4.74. The summed E-state index contributed by atoms with van der Waals surface area (Å²) in [4.78, 5) is 0. The minimum Gasteiger partial charge on any atom is -0.389 e. The molecule has 0 saturated carbocycles. The van der Waals surface area contributed by atoms with Gasteiger partial charge in [-0.3, -0.25) is 0 Å². The molecule has 0 aromatic rings. The van der Waals surface area contributed by atoms with Crippen molar-refractivity contribution in [1.82, 2.24) is 0 Å². The number of rotatable bonds is 1. The van der Waals surface area contributed by atoms with Crippen LogP contribution < -0.4 is 5.73 Å². The van der Waals surface area contributed by atoms with E-state index in [0.717, 1.165) is 0 Å². The average Bonchev–Trinajstić information content (AvgIpc) is 1.36. The molecule has 38 valence electrons. The summed E-state index contributed by atoms with van der Waals surface area (Å²) in [6, 6.07) is 0. The quantitative estimate of drug-likeness (QED) is 0.349. The largest absolute Gasteiger partial charge is 0.389 e.